The molecule has 20 heavy (non-hydrogen) atoms. The van der Waals surface area contributed by atoms with E-state index in [4.69, 9.17) is 0 Å². The van der Waals surface area contributed by atoms with Crippen molar-refractivity contribution in [2.75, 3.05) is 19.0 Å². The molecule has 0 aliphatic carbocycles. The summed E-state index contributed by atoms with van der Waals surface area (Å²) in [6.07, 6.45) is -1.41. The molecule has 1 unspecified atom stereocenters. The molecule has 2 amide bonds. The highest BCUT2D eigenvalue weighted by Gasteiger charge is 2.16. The van der Waals surface area contributed by atoms with Gasteiger partial charge in [-0.15, -0.1) is 0 Å². The molecule has 7 nitrogen and oxygen atoms in total. The van der Waals surface area contributed by atoms with Gasteiger partial charge in [0.1, 0.15) is 0 Å². The van der Waals surface area contributed by atoms with Crippen LogP contribution in [0.15, 0.2) is 24.3 Å². The molecule has 3 N–H and O–H groups in total. The van der Waals surface area contributed by atoms with Crippen LogP contribution in [0.5, 0.6) is 0 Å². The summed E-state index contributed by atoms with van der Waals surface area (Å²) >= 11 is 0. The lowest BCUT2D eigenvalue weighted by atomic mass is 10.2. The lowest BCUT2D eigenvalue weighted by Gasteiger charge is -2.10. The Kier molecular flexibility index (Phi) is 5.67. The summed E-state index contributed by atoms with van der Waals surface area (Å²) < 4.78 is 4.33. The van der Waals surface area contributed by atoms with E-state index in [1.54, 1.807) is 18.2 Å². The zero-order chi connectivity index (χ0) is 15.1. The third-order valence-electron chi connectivity index (χ3n) is 2.37. The second-order valence-corrected chi connectivity index (χ2v) is 4.01. The lowest BCUT2D eigenvalue weighted by Crippen LogP contribution is -2.37. The van der Waals surface area contributed by atoms with Crippen molar-refractivity contribution in [3.8, 4) is 0 Å². The number of amides is 2. The van der Waals surface area contributed by atoms with Crippen LogP contribution in [0.2, 0.25) is 0 Å². The Balaban J connectivity index is 2.63. The third-order valence-corrected chi connectivity index (χ3v) is 2.37. The average molecular weight is 280 g/mol. The van der Waals surface area contributed by atoms with Crippen LogP contribution in [0, 0.1) is 0 Å². The maximum atomic E-state index is 11.8. The molecule has 108 valence electrons. The fourth-order valence-corrected chi connectivity index (χ4v) is 1.45. The van der Waals surface area contributed by atoms with Gasteiger partial charge in [0, 0.05) is 18.2 Å². The van der Waals surface area contributed by atoms with Gasteiger partial charge in [0.15, 0.2) is 6.10 Å². The molecule has 0 fully saturated rings. The molecule has 0 saturated carbocycles. The Labute approximate surface area is 115 Å². The van der Waals surface area contributed by atoms with Crippen LogP contribution in [0.1, 0.15) is 17.3 Å². The van der Waals surface area contributed by atoms with E-state index in [1.165, 1.54) is 13.0 Å². The number of esters is 1. The number of aliphatic hydroxyl groups excluding tert-OH is 1. The van der Waals surface area contributed by atoms with E-state index < -0.39 is 18.0 Å². The Morgan fingerprint density at radius 3 is 2.65 bits per heavy atom. The van der Waals surface area contributed by atoms with E-state index in [0.29, 0.717) is 11.3 Å². The number of anilines is 1. The fourth-order valence-electron chi connectivity index (χ4n) is 1.45. The van der Waals surface area contributed by atoms with Gasteiger partial charge >= 0.3 is 5.97 Å². The molecule has 0 radical (unpaired) electrons. The number of hydrogen-bond donors (Lipinski definition) is 3. The maximum absolute atomic E-state index is 11.8. The molecule has 7 heteroatoms. The molecule has 0 bridgehead atoms. The number of aliphatic hydroxyl groups is 1. The summed E-state index contributed by atoms with van der Waals surface area (Å²) in [7, 11) is 1.14. The Hall–Kier alpha value is -2.41. The number of benzene rings is 1. The van der Waals surface area contributed by atoms with Crippen LogP contribution >= 0.6 is 0 Å². The predicted molar refractivity (Wildman–Crippen MR) is 71.1 cm³/mol. The minimum atomic E-state index is -1.41. The van der Waals surface area contributed by atoms with Crippen molar-refractivity contribution >= 4 is 23.5 Å². The highest BCUT2D eigenvalue weighted by molar-refractivity contribution is 5.97. The van der Waals surface area contributed by atoms with Gasteiger partial charge in [-0.25, -0.2) is 4.79 Å². The van der Waals surface area contributed by atoms with Crippen molar-refractivity contribution in [1.29, 1.82) is 0 Å². The zero-order valence-corrected chi connectivity index (χ0v) is 11.2. The first-order valence-corrected chi connectivity index (χ1v) is 5.85. The van der Waals surface area contributed by atoms with Gasteiger partial charge in [-0.3, -0.25) is 9.59 Å². The first kappa shape index (κ1) is 15.6. The molecule has 1 atom stereocenters. The summed E-state index contributed by atoms with van der Waals surface area (Å²) in [5.41, 5.74) is 0.784. The number of rotatable bonds is 5. The Bertz CT molecular complexity index is 515. The number of nitrogens with one attached hydrogen (secondary N) is 2. The highest BCUT2D eigenvalue weighted by atomic mass is 16.5. The van der Waals surface area contributed by atoms with Crippen LogP contribution in [0.25, 0.3) is 0 Å². The van der Waals surface area contributed by atoms with E-state index in [9.17, 15) is 19.5 Å². The third kappa shape index (κ3) is 4.69. The topological polar surface area (TPSA) is 105 Å². The summed E-state index contributed by atoms with van der Waals surface area (Å²) in [6, 6.07) is 6.28. The van der Waals surface area contributed by atoms with Gasteiger partial charge in [-0.05, 0) is 18.2 Å². The molecule has 1 aromatic carbocycles. The monoisotopic (exact) mass is 280 g/mol. The predicted octanol–water partition coefficient (Wildman–Crippen LogP) is -0.0913. The molecule has 0 aromatic heterocycles. The number of hydrogen-bond acceptors (Lipinski definition) is 5. The Morgan fingerprint density at radius 2 is 2.05 bits per heavy atom. The number of ether oxygens (including phenoxy) is 1. The van der Waals surface area contributed by atoms with Gasteiger partial charge in [0.25, 0.3) is 5.91 Å². The van der Waals surface area contributed by atoms with E-state index in [2.05, 4.69) is 15.4 Å². The van der Waals surface area contributed by atoms with E-state index >= 15 is 0 Å². The van der Waals surface area contributed by atoms with Crippen molar-refractivity contribution in [3.05, 3.63) is 29.8 Å². The van der Waals surface area contributed by atoms with Crippen molar-refractivity contribution in [3.63, 3.8) is 0 Å². The summed E-state index contributed by atoms with van der Waals surface area (Å²) in [5, 5.41) is 14.3. The smallest absolute Gasteiger partial charge is 0.336 e. The molecule has 0 spiro atoms. The van der Waals surface area contributed by atoms with Crippen LogP contribution in [-0.2, 0) is 14.3 Å². The molecular weight excluding hydrogens is 264 g/mol. The Morgan fingerprint density at radius 1 is 1.35 bits per heavy atom. The van der Waals surface area contributed by atoms with Gasteiger partial charge in [-0.2, -0.15) is 0 Å². The number of methoxy groups -OCH3 is 1. The summed E-state index contributed by atoms with van der Waals surface area (Å²) in [6.45, 7) is 1.11. The number of carbonyl (C=O) groups is 3. The van der Waals surface area contributed by atoms with E-state index in [1.807, 2.05) is 0 Å². The van der Waals surface area contributed by atoms with E-state index in [0.717, 1.165) is 7.11 Å². The highest BCUT2D eigenvalue weighted by Crippen LogP contribution is 2.10. The van der Waals surface area contributed by atoms with Crippen molar-refractivity contribution in [2.24, 2.45) is 0 Å². The van der Waals surface area contributed by atoms with Crippen LogP contribution in [0.4, 0.5) is 5.69 Å². The average Bonchev–Trinajstić information content (AvgIpc) is 2.43. The molecular formula is C13H16N2O5. The van der Waals surface area contributed by atoms with Gasteiger partial charge < -0.3 is 20.5 Å². The minimum Gasteiger partial charge on any atom is -0.467 e. The lowest BCUT2D eigenvalue weighted by molar-refractivity contribution is -0.149. The SMILES string of the molecule is COC(=O)C(O)CNC(=O)c1cccc(NC(C)=O)c1. The van der Waals surface area contributed by atoms with Crippen molar-refractivity contribution in [2.45, 2.75) is 13.0 Å². The minimum absolute atomic E-state index is 0.247. The first-order valence-electron chi connectivity index (χ1n) is 5.85. The van der Waals surface area contributed by atoms with Crippen molar-refractivity contribution < 1.29 is 24.2 Å². The molecule has 0 aliphatic rings. The second kappa shape index (κ2) is 7.25. The maximum Gasteiger partial charge on any atom is 0.336 e. The largest absolute Gasteiger partial charge is 0.467 e. The molecule has 0 saturated heterocycles. The quantitative estimate of drug-likeness (QED) is 0.654. The van der Waals surface area contributed by atoms with Crippen molar-refractivity contribution in [1.82, 2.24) is 5.32 Å². The summed E-state index contributed by atoms with van der Waals surface area (Å²) in [4.78, 5) is 33.7. The van der Waals surface area contributed by atoms with E-state index in [-0.39, 0.29) is 12.5 Å². The van der Waals surface area contributed by atoms with Gasteiger partial charge in [-0.1, -0.05) is 6.07 Å². The van der Waals surface area contributed by atoms with Gasteiger partial charge in [0.2, 0.25) is 5.91 Å². The fraction of sp³-hybridized carbons (Fsp3) is 0.308. The van der Waals surface area contributed by atoms with Crippen LogP contribution < -0.4 is 10.6 Å². The normalized spacial score (nSPS) is 11.3. The second-order valence-electron chi connectivity index (χ2n) is 4.01. The standard InChI is InChI=1S/C13H16N2O5/c1-8(16)15-10-5-3-4-9(6-10)12(18)14-7-11(17)13(19)20-2/h3-6,11,17H,7H2,1-2H3,(H,14,18)(H,15,16). The first-order chi connectivity index (χ1) is 9.43. The number of carbonyl (C=O) groups excluding carboxylic acids is 3. The van der Waals surface area contributed by atoms with Crippen LogP contribution in [0.3, 0.4) is 0 Å². The van der Waals surface area contributed by atoms with Crippen LogP contribution in [-0.4, -0.2) is 42.6 Å². The summed E-state index contributed by atoms with van der Waals surface area (Å²) in [5.74, 6) is -1.54. The molecule has 1 aromatic rings. The van der Waals surface area contributed by atoms with Gasteiger partial charge in [0.05, 0.1) is 13.7 Å². The molecule has 0 aliphatic heterocycles. The molecule has 1 rings (SSSR count). The molecule has 0 heterocycles. The zero-order valence-electron chi connectivity index (χ0n) is 11.2.